The maximum absolute atomic E-state index is 14.7. The van der Waals surface area contributed by atoms with Gasteiger partial charge in [-0.1, -0.05) is 12.1 Å². The van der Waals surface area contributed by atoms with Crippen molar-refractivity contribution in [2.75, 3.05) is 26.3 Å². The second-order valence-electron chi connectivity index (χ2n) is 11.2. The summed E-state index contributed by atoms with van der Waals surface area (Å²) >= 11 is 0. The molecule has 2 atom stereocenters. The van der Waals surface area contributed by atoms with Gasteiger partial charge in [-0.05, 0) is 55.7 Å². The Balaban J connectivity index is 1.37. The van der Waals surface area contributed by atoms with Gasteiger partial charge < -0.3 is 19.4 Å². The Kier molecular flexibility index (Phi) is 7.27. The molecular formula is C31H29F3N4O4. The molecule has 1 aliphatic heterocycles. The molecule has 2 aliphatic carbocycles. The van der Waals surface area contributed by atoms with Crippen molar-refractivity contribution >= 4 is 11.8 Å². The number of carbonyl (C=O) groups excluding carboxylic acids is 2. The van der Waals surface area contributed by atoms with Crippen molar-refractivity contribution in [1.29, 1.82) is 5.26 Å². The topological polar surface area (TPSA) is 108 Å². The Morgan fingerprint density at radius 1 is 1.00 bits per heavy atom. The molecule has 0 radical (unpaired) electrons. The van der Waals surface area contributed by atoms with E-state index in [1.54, 1.807) is 29.2 Å². The highest BCUT2D eigenvalue weighted by Gasteiger charge is 2.51. The van der Waals surface area contributed by atoms with E-state index in [0.29, 0.717) is 61.5 Å². The second-order valence-corrected chi connectivity index (χ2v) is 11.2. The maximum atomic E-state index is 14.7. The smallest absolute Gasteiger partial charge is 0.254 e. The minimum Gasteiger partial charge on any atom is -0.440 e. The van der Waals surface area contributed by atoms with Crippen molar-refractivity contribution in [3.63, 3.8) is 0 Å². The molecule has 1 aromatic heterocycles. The summed E-state index contributed by atoms with van der Waals surface area (Å²) in [6.07, 6.45) is -0.223. The highest BCUT2D eigenvalue weighted by atomic mass is 19.3. The molecule has 2 heterocycles. The standard InChI is InChI=1S/C31H29F3N4O4/c32-22-7-5-20(6-8-22)28-36-25(19-1-3-21(4-2-19)29(40)38-13-15-41-16-14-38)26(42-28)23-9-10-31(33,34)17-24(23)27(39)37-30(18-35)11-12-30/h1-8,23-24H,9-17H2,(H,37,39). The Bertz CT molecular complexity index is 1520. The highest BCUT2D eigenvalue weighted by molar-refractivity contribution is 5.94. The van der Waals surface area contributed by atoms with Crippen LogP contribution in [0.15, 0.2) is 52.9 Å². The Morgan fingerprint density at radius 3 is 2.31 bits per heavy atom. The number of amides is 2. The fourth-order valence-electron chi connectivity index (χ4n) is 5.67. The van der Waals surface area contributed by atoms with E-state index < -0.39 is 47.9 Å². The summed E-state index contributed by atoms with van der Waals surface area (Å²) in [5, 5.41) is 12.2. The van der Waals surface area contributed by atoms with Crippen LogP contribution in [-0.4, -0.2) is 59.5 Å². The number of halogens is 3. The minimum atomic E-state index is -3.05. The zero-order valence-corrected chi connectivity index (χ0v) is 22.7. The lowest BCUT2D eigenvalue weighted by Crippen LogP contribution is -2.45. The van der Waals surface area contributed by atoms with Crippen LogP contribution in [0, 0.1) is 23.1 Å². The molecule has 2 saturated carbocycles. The molecule has 2 unspecified atom stereocenters. The van der Waals surface area contributed by atoms with Gasteiger partial charge in [-0.25, -0.2) is 18.2 Å². The zero-order chi connectivity index (χ0) is 29.5. The number of nitriles is 1. The van der Waals surface area contributed by atoms with Crippen molar-refractivity contribution in [2.24, 2.45) is 5.92 Å². The first kappa shape index (κ1) is 28.0. The molecule has 11 heteroatoms. The molecule has 1 saturated heterocycles. The van der Waals surface area contributed by atoms with Gasteiger partial charge in [-0.2, -0.15) is 5.26 Å². The van der Waals surface area contributed by atoms with E-state index in [2.05, 4.69) is 16.4 Å². The minimum absolute atomic E-state index is 0.0384. The Labute approximate surface area is 240 Å². The quantitative estimate of drug-likeness (QED) is 0.425. The number of alkyl halides is 2. The third kappa shape index (κ3) is 5.63. The van der Waals surface area contributed by atoms with Crippen molar-refractivity contribution in [2.45, 2.75) is 49.5 Å². The summed E-state index contributed by atoms with van der Waals surface area (Å²) in [6, 6.07) is 14.4. The number of rotatable bonds is 6. The normalized spacial score (nSPS) is 22.7. The van der Waals surface area contributed by atoms with Gasteiger partial charge in [0.25, 0.3) is 5.91 Å². The van der Waals surface area contributed by atoms with Crippen LogP contribution in [0.3, 0.4) is 0 Å². The first-order valence-corrected chi connectivity index (χ1v) is 14.0. The molecule has 3 aromatic rings. The molecule has 6 rings (SSSR count). The van der Waals surface area contributed by atoms with Crippen LogP contribution in [0.2, 0.25) is 0 Å². The molecule has 218 valence electrons. The number of morpholine rings is 1. The number of hydrogen-bond acceptors (Lipinski definition) is 6. The van der Waals surface area contributed by atoms with E-state index in [0.717, 1.165) is 0 Å². The SMILES string of the molecule is N#CC1(NC(=O)C2CC(F)(F)CCC2c2oc(-c3ccc(F)cc3)nc2-c2ccc(C(=O)N3CCOCC3)cc2)CC1. The van der Waals surface area contributed by atoms with E-state index in [9.17, 15) is 28.0 Å². The van der Waals surface area contributed by atoms with Crippen LogP contribution in [0.1, 0.15) is 54.1 Å². The lowest BCUT2D eigenvalue weighted by molar-refractivity contribution is -0.134. The van der Waals surface area contributed by atoms with E-state index >= 15 is 0 Å². The second kappa shape index (κ2) is 10.9. The third-order valence-corrected chi connectivity index (χ3v) is 8.27. The first-order chi connectivity index (χ1) is 20.2. The summed E-state index contributed by atoms with van der Waals surface area (Å²) in [5.41, 5.74) is 0.875. The van der Waals surface area contributed by atoms with Gasteiger partial charge in [-0.15, -0.1) is 0 Å². The number of nitrogens with one attached hydrogen (secondary N) is 1. The molecule has 42 heavy (non-hydrogen) atoms. The van der Waals surface area contributed by atoms with Crippen molar-refractivity contribution in [3.05, 3.63) is 65.7 Å². The molecule has 2 aromatic carbocycles. The molecule has 3 aliphatic rings. The zero-order valence-electron chi connectivity index (χ0n) is 22.7. The van der Waals surface area contributed by atoms with Gasteiger partial charge in [0.05, 0.1) is 25.2 Å². The van der Waals surface area contributed by atoms with Gasteiger partial charge in [0.1, 0.15) is 22.8 Å². The molecule has 8 nitrogen and oxygen atoms in total. The predicted molar refractivity (Wildman–Crippen MR) is 145 cm³/mol. The lowest BCUT2D eigenvalue weighted by Gasteiger charge is -2.34. The van der Waals surface area contributed by atoms with Gasteiger partial charge >= 0.3 is 0 Å². The van der Waals surface area contributed by atoms with E-state index in [1.807, 2.05) is 0 Å². The number of oxazole rings is 1. The maximum Gasteiger partial charge on any atom is 0.254 e. The summed E-state index contributed by atoms with van der Waals surface area (Å²) in [5.74, 6) is -5.72. The van der Waals surface area contributed by atoms with Gasteiger partial charge in [0.2, 0.25) is 17.7 Å². The van der Waals surface area contributed by atoms with Crippen LogP contribution >= 0.6 is 0 Å². The summed E-state index contributed by atoms with van der Waals surface area (Å²) in [6.45, 7) is 1.95. The summed E-state index contributed by atoms with van der Waals surface area (Å²) in [4.78, 5) is 32.7. The molecule has 0 bridgehead atoms. The van der Waals surface area contributed by atoms with E-state index in [-0.39, 0.29) is 24.0 Å². The van der Waals surface area contributed by atoms with Gasteiger partial charge in [0.15, 0.2) is 0 Å². The molecule has 0 spiro atoms. The van der Waals surface area contributed by atoms with Crippen molar-refractivity contribution < 1.29 is 31.9 Å². The number of carbonyl (C=O) groups is 2. The summed E-state index contributed by atoms with van der Waals surface area (Å²) < 4.78 is 54.5. The molecule has 3 fully saturated rings. The lowest BCUT2D eigenvalue weighted by atomic mass is 9.74. The van der Waals surface area contributed by atoms with E-state index in [4.69, 9.17) is 9.15 Å². The number of benzene rings is 2. The molecule has 2 amide bonds. The van der Waals surface area contributed by atoms with Crippen LogP contribution in [0.25, 0.3) is 22.7 Å². The number of ether oxygens (including phenoxy) is 1. The first-order valence-electron chi connectivity index (χ1n) is 14.0. The molecule has 1 N–H and O–H groups in total. The third-order valence-electron chi connectivity index (χ3n) is 8.27. The van der Waals surface area contributed by atoms with Crippen LogP contribution < -0.4 is 5.32 Å². The fourth-order valence-corrected chi connectivity index (χ4v) is 5.67. The largest absolute Gasteiger partial charge is 0.440 e. The average Bonchev–Trinajstić information content (AvgIpc) is 3.64. The van der Waals surface area contributed by atoms with Gasteiger partial charge in [-0.3, -0.25) is 9.59 Å². The van der Waals surface area contributed by atoms with Crippen molar-refractivity contribution in [1.82, 2.24) is 15.2 Å². The van der Waals surface area contributed by atoms with Crippen LogP contribution in [0.4, 0.5) is 13.2 Å². The van der Waals surface area contributed by atoms with E-state index in [1.165, 1.54) is 24.3 Å². The number of hydrogen-bond donors (Lipinski definition) is 1. The Hall–Kier alpha value is -4.17. The average molecular weight is 579 g/mol. The van der Waals surface area contributed by atoms with Crippen molar-refractivity contribution in [3.8, 4) is 28.8 Å². The number of nitrogens with zero attached hydrogens (tertiary/aromatic N) is 3. The van der Waals surface area contributed by atoms with Gasteiger partial charge in [0, 0.05) is 48.5 Å². The fraction of sp³-hybridized carbons (Fsp3) is 0.419. The molecular weight excluding hydrogens is 549 g/mol. The predicted octanol–water partition coefficient (Wildman–Crippen LogP) is 5.31. The van der Waals surface area contributed by atoms with Crippen LogP contribution in [0.5, 0.6) is 0 Å². The Morgan fingerprint density at radius 2 is 1.67 bits per heavy atom. The summed E-state index contributed by atoms with van der Waals surface area (Å²) in [7, 11) is 0. The monoisotopic (exact) mass is 578 g/mol. The number of aromatic nitrogens is 1. The highest BCUT2D eigenvalue weighted by Crippen LogP contribution is 2.49. The van der Waals surface area contributed by atoms with Crippen LogP contribution in [-0.2, 0) is 9.53 Å².